The Morgan fingerprint density at radius 2 is 1.94 bits per heavy atom. The Hall–Kier alpha value is -1.39. The average Bonchev–Trinajstić information content (AvgIpc) is 2.39. The second kappa shape index (κ2) is 5.98. The van der Waals surface area contributed by atoms with Crippen LogP contribution < -0.4 is 5.73 Å². The first-order valence-electron chi connectivity index (χ1n) is 6.07. The topological polar surface area (TPSA) is 66.6 Å². The molecular weight excluding hydrogens is 228 g/mol. The summed E-state index contributed by atoms with van der Waals surface area (Å²) in [4.78, 5) is 14.0. The molecule has 0 saturated heterocycles. The van der Waals surface area contributed by atoms with E-state index in [4.69, 9.17) is 5.73 Å². The van der Waals surface area contributed by atoms with Crippen molar-refractivity contribution < 1.29 is 9.90 Å². The standard InChI is InChI=1S/C14H22N2O2/c1-14(2,10-17)16(3)13(18)12(9-15)11-7-5-4-6-8-11/h4-8,12,17H,9-10,15H2,1-3H3. The smallest absolute Gasteiger partial charge is 0.231 e. The van der Waals surface area contributed by atoms with Gasteiger partial charge in [-0.1, -0.05) is 30.3 Å². The normalized spacial score (nSPS) is 13.2. The molecule has 1 unspecified atom stereocenters. The van der Waals surface area contributed by atoms with Crippen LogP contribution in [0.4, 0.5) is 0 Å². The third kappa shape index (κ3) is 3.09. The highest BCUT2D eigenvalue weighted by molar-refractivity contribution is 5.84. The lowest BCUT2D eigenvalue weighted by molar-refractivity contribution is -0.137. The summed E-state index contributed by atoms with van der Waals surface area (Å²) in [6.07, 6.45) is 0. The molecule has 1 amide bonds. The van der Waals surface area contributed by atoms with Gasteiger partial charge in [-0.05, 0) is 19.4 Å². The van der Waals surface area contributed by atoms with Gasteiger partial charge in [0.1, 0.15) is 0 Å². The van der Waals surface area contributed by atoms with Gasteiger partial charge in [-0.2, -0.15) is 0 Å². The summed E-state index contributed by atoms with van der Waals surface area (Å²) < 4.78 is 0. The van der Waals surface area contributed by atoms with Crippen molar-refractivity contribution >= 4 is 5.91 Å². The number of rotatable bonds is 5. The van der Waals surface area contributed by atoms with Crippen LogP contribution in [0.2, 0.25) is 0 Å². The van der Waals surface area contributed by atoms with E-state index in [2.05, 4.69) is 0 Å². The lowest BCUT2D eigenvalue weighted by atomic mass is 9.95. The largest absolute Gasteiger partial charge is 0.394 e. The maximum atomic E-state index is 12.4. The van der Waals surface area contributed by atoms with Gasteiger partial charge in [-0.25, -0.2) is 0 Å². The lowest BCUT2D eigenvalue weighted by Gasteiger charge is -2.36. The van der Waals surface area contributed by atoms with E-state index in [0.29, 0.717) is 0 Å². The summed E-state index contributed by atoms with van der Waals surface area (Å²) in [5.41, 5.74) is 6.04. The van der Waals surface area contributed by atoms with Crippen molar-refractivity contribution in [3.8, 4) is 0 Å². The molecule has 100 valence electrons. The van der Waals surface area contributed by atoms with Crippen LogP contribution in [0.15, 0.2) is 30.3 Å². The van der Waals surface area contributed by atoms with E-state index >= 15 is 0 Å². The van der Waals surface area contributed by atoms with Gasteiger partial charge in [-0.3, -0.25) is 4.79 Å². The summed E-state index contributed by atoms with van der Waals surface area (Å²) in [6.45, 7) is 3.82. The van der Waals surface area contributed by atoms with Gasteiger partial charge in [0, 0.05) is 13.6 Å². The van der Waals surface area contributed by atoms with E-state index in [1.54, 1.807) is 11.9 Å². The molecule has 18 heavy (non-hydrogen) atoms. The molecule has 1 aromatic rings. The molecule has 1 atom stereocenters. The second-order valence-electron chi connectivity index (χ2n) is 5.07. The number of carbonyl (C=O) groups excluding carboxylic acids is 1. The summed E-state index contributed by atoms with van der Waals surface area (Å²) in [5.74, 6) is -0.426. The van der Waals surface area contributed by atoms with E-state index in [1.165, 1.54) is 0 Å². The minimum absolute atomic E-state index is 0.0669. The zero-order chi connectivity index (χ0) is 13.8. The fraction of sp³-hybridized carbons (Fsp3) is 0.500. The highest BCUT2D eigenvalue weighted by Crippen LogP contribution is 2.21. The SMILES string of the molecule is CN(C(=O)C(CN)c1ccccc1)C(C)(C)CO. The van der Waals surface area contributed by atoms with Gasteiger partial charge in [-0.15, -0.1) is 0 Å². The minimum Gasteiger partial charge on any atom is -0.394 e. The molecule has 1 aromatic carbocycles. The van der Waals surface area contributed by atoms with Crippen LogP contribution >= 0.6 is 0 Å². The number of hydrogen-bond donors (Lipinski definition) is 2. The molecule has 0 spiro atoms. The van der Waals surface area contributed by atoms with Crippen LogP contribution in [0.3, 0.4) is 0 Å². The van der Waals surface area contributed by atoms with Crippen molar-refractivity contribution in [2.24, 2.45) is 5.73 Å². The van der Waals surface area contributed by atoms with E-state index in [0.717, 1.165) is 5.56 Å². The number of aliphatic hydroxyl groups is 1. The molecular formula is C14H22N2O2. The Labute approximate surface area is 108 Å². The third-order valence-electron chi connectivity index (χ3n) is 3.36. The number of hydrogen-bond acceptors (Lipinski definition) is 3. The average molecular weight is 250 g/mol. The predicted molar refractivity (Wildman–Crippen MR) is 72.2 cm³/mol. The number of benzene rings is 1. The molecule has 0 fully saturated rings. The lowest BCUT2D eigenvalue weighted by Crippen LogP contribution is -2.50. The van der Waals surface area contributed by atoms with Crippen LogP contribution in [0, 0.1) is 0 Å². The number of nitrogens with zero attached hydrogens (tertiary/aromatic N) is 1. The first-order chi connectivity index (χ1) is 8.44. The quantitative estimate of drug-likeness (QED) is 0.818. The number of carbonyl (C=O) groups is 1. The number of likely N-dealkylation sites (N-methyl/N-ethyl adjacent to an activating group) is 1. The molecule has 0 heterocycles. The van der Waals surface area contributed by atoms with E-state index in [9.17, 15) is 9.90 Å². The fourth-order valence-electron chi connectivity index (χ4n) is 1.70. The molecule has 4 nitrogen and oxygen atoms in total. The van der Waals surface area contributed by atoms with Crippen LogP contribution in [-0.4, -0.2) is 41.7 Å². The van der Waals surface area contributed by atoms with Gasteiger partial charge in [0.25, 0.3) is 0 Å². The molecule has 4 heteroatoms. The number of amides is 1. The third-order valence-corrected chi connectivity index (χ3v) is 3.36. The molecule has 0 aliphatic heterocycles. The van der Waals surface area contributed by atoms with Gasteiger partial charge < -0.3 is 15.7 Å². The van der Waals surface area contributed by atoms with Crippen molar-refractivity contribution in [2.45, 2.75) is 25.3 Å². The number of nitrogens with two attached hydrogens (primary N) is 1. The van der Waals surface area contributed by atoms with Gasteiger partial charge in [0.15, 0.2) is 0 Å². The summed E-state index contributed by atoms with van der Waals surface area (Å²) >= 11 is 0. The van der Waals surface area contributed by atoms with Crippen molar-refractivity contribution in [1.82, 2.24) is 4.90 Å². The summed E-state index contributed by atoms with van der Waals surface area (Å²) in [5, 5.41) is 9.31. The van der Waals surface area contributed by atoms with Gasteiger partial charge in [0.05, 0.1) is 18.1 Å². The van der Waals surface area contributed by atoms with Crippen LogP contribution in [-0.2, 0) is 4.79 Å². The minimum atomic E-state index is -0.584. The monoisotopic (exact) mass is 250 g/mol. The molecule has 0 aliphatic rings. The molecule has 0 radical (unpaired) electrons. The maximum absolute atomic E-state index is 12.4. The zero-order valence-corrected chi connectivity index (χ0v) is 11.3. The first-order valence-corrected chi connectivity index (χ1v) is 6.07. The van der Waals surface area contributed by atoms with Crippen molar-refractivity contribution in [2.75, 3.05) is 20.2 Å². The molecule has 3 N–H and O–H groups in total. The van der Waals surface area contributed by atoms with Crippen molar-refractivity contribution in [1.29, 1.82) is 0 Å². The van der Waals surface area contributed by atoms with Crippen LogP contribution in [0.5, 0.6) is 0 Å². The highest BCUT2D eigenvalue weighted by Gasteiger charge is 2.31. The molecule has 1 rings (SSSR count). The van der Waals surface area contributed by atoms with E-state index < -0.39 is 5.54 Å². The summed E-state index contributed by atoms with van der Waals surface area (Å²) in [7, 11) is 1.70. The van der Waals surface area contributed by atoms with E-state index in [1.807, 2.05) is 44.2 Å². The predicted octanol–water partition coefficient (Wildman–Crippen LogP) is 0.958. The van der Waals surface area contributed by atoms with Gasteiger partial charge in [0.2, 0.25) is 5.91 Å². The zero-order valence-electron chi connectivity index (χ0n) is 11.3. The number of aliphatic hydroxyl groups excluding tert-OH is 1. The molecule has 0 aliphatic carbocycles. The highest BCUT2D eigenvalue weighted by atomic mass is 16.3. The maximum Gasteiger partial charge on any atom is 0.231 e. The molecule has 0 aromatic heterocycles. The Bertz CT molecular complexity index is 390. The Kier molecular flexibility index (Phi) is 4.87. The second-order valence-corrected chi connectivity index (χ2v) is 5.07. The summed E-state index contributed by atoms with van der Waals surface area (Å²) in [6, 6.07) is 9.48. The molecule has 0 bridgehead atoms. The molecule has 0 saturated carbocycles. The first kappa shape index (κ1) is 14.7. The van der Waals surface area contributed by atoms with Crippen molar-refractivity contribution in [3.63, 3.8) is 0 Å². The van der Waals surface area contributed by atoms with Gasteiger partial charge >= 0.3 is 0 Å². The van der Waals surface area contributed by atoms with E-state index in [-0.39, 0.29) is 25.0 Å². The fourth-order valence-corrected chi connectivity index (χ4v) is 1.70. The Morgan fingerprint density at radius 1 is 1.39 bits per heavy atom. The van der Waals surface area contributed by atoms with Crippen LogP contribution in [0.25, 0.3) is 0 Å². The van der Waals surface area contributed by atoms with Crippen LogP contribution in [0.1, 0.15) is 25.3 Å². The van der Waals surface area contributed by atoms with Crippen molar-refractivity contribution in [3.05, 3.63) is 35.9 Å². The Morgan fingerprint density at radius 3 is 2.39 bits per heavy atom. The Balaban J connectivity index is 2.94.